The van der Waals surface area contributed by atoms with Crippen LogP contribution >= 0.6 is 0 Å². The van der Waals surface area contributed by atoms with Crippen molar-refractivity contribution in [2.24, 2.45) is 0 Å². The van der Waals surface area contributed by atoms with Gasteiger partial charge in [0.25, 0.3) is 0 Å². The summed E-state index contributed by atoms with van der Waals surface area (Å²) in [6.45, 7) is 4.35. The summed E-state index contributed by atoms with van der Waals surface area (Å²) in [5.74, 6) is -2.07. The largest absolute Gasteiger partial charge is 0.480 e. The molecule has 0 unspecified atom stereocenters. The fourth-order valence-corrected chi connectivity index (χ4v) is 4.86. The van der Waals surface area contributed by atoms with Gasteiger partial charge in [0.1, 0.15) is 25.5 Å². The zero-order chi connectivity index (χ0) is 35.3. The highest BCUT2D eigenvalue weighted by atomic mass is 16.5. The van der Waals surface area contributed by atoms with Gasteiger partial charge in [0.2, 0.25) is 17.7 Å². The van der Waals surface area contributed by atoms with Crippen molar-refractivity contribution in [3.8, 4) is 0 Å². The van der Waals surface area contributed by atoms with Crippen molar-refractivity contribution in [2.45, 2.75) is 129 Å². The first-order valence-corrected chi connectivity index (χ1v) is 18.2. The molecule has 13 heteroatoms. The Kier molecular flexibility index (Phi) is 33.7. The Morgan fingerprint density at radius 1 is 0.583 bits per heavy atom. The van der Waals surface area contributed by atoms with Gasteiger partial charge in [-0.1, -0.05) is 96.8 Å². The highest BCUT2D eigenvalue weighted by Crippen LogP contribution is 2.14. The number of carboxylic acids is 1. The number of amides is 3. The van der Waals surface area contributed by atoms with Gasteiger partial charge in [-0.2, -0.15) is 0 Å². The van der Waals surface area contributed by atoms with Crippen molar-refractivity contribution in [3.63, 3.8) is 0 Å². The van der Waals surface area contributed by atoms with E-state index in [9.17, 15) is 29.1 Å². The van der Waals surface area contributed by atoms with Crippen LogP contribution in [0.5, 0.6) is 0 Å². The molecule has 0 aliphatic heterocycles. The van der Waals surface area contributed by atoms with E-state index in [4.69, 9.17) is 18.9 Å². The topological polar surface area (TPSA) is 179 Å². The first-order chi connectivity index (χ1) is 23.4. The van der Waals surface area contributed by atoms with Gasteiger partial charge < -0.3 is 44.8 Å². The summed E-state index contributed by atoms with van der Waals surface area (Å²) in [4.78, 5) is 57.7. The number of hydrogen-bond donors (Lipinski definition) is 4. The van der Waals surface area contributed by atoms with Crippen molar-refractivity contribution in [2.75, 3.05) is 65.9 Å². The zero-order valence-electron chi connectivity index (χ0n) is 29.6. The van der Waals surface area contributed by atoms with Crippen LogP contribution in [0.2, 0.25) is 0 Å². The molecule has 0 bridgehead atoms. The van der Waals surface area contributed by atoms with E-state index in [0.29, 0.717) is 32.7 Å². The number of aldehydes is 1. The van der Waals surface area contributed by atoms with Gasteiger partial charge in [-0.3, -0.25) is 14.4 Å². The second-order valence-electron chi connectivity index (χ2n) is 11.9. The maximum Gasteiger partial charge on any atom is 0.326 e. The summed E-state index contributed by atoms with van der Waals surface area (Å²) in [6.07, 6.45) is 19.5. The molecule has 0 saturated carbocycles. The van der Waals surface area contributed by atoms with Crippen molar-refractivity contribution in [1.82, 2.24) is 16.0 Å². The Morgan fingerprint density at radius 3 is 1.58 bits per heavy atom. The summed E-state index contributed by atoms with van der Waals surface area (Å²) >= 11 is 0. The van der Waals surface area contributed by atoms with Gasteiger partial charge in [-0.25, -0.2) is 4.79 Å². The molecule has 0 rings (SSSR count). The van der Waals surface area contributed by atoms with Crippen LogP contribution in [-0.4, -0.2) is 107 Å². The maximum absolute atomic E-state index is 12.3. The van der Waals surface area contributed by atoms with Crippen molar-refractivity contribution < 1.29 is 48.0 Å². The van der Waals surface area contributed by atoms with Crippen LogP contribution in [0.1, 0.15) is 122 Å². The molecular weight excluding hydrogens is 622 g/mol. The highest BCUT2D eigenvalue weighted by Gasteiger charge is 2.20. The van der Waals surface area contributed by atoms with Crippen LogP contribution in [0.3, 0.4) is 0 Å². The van der Waals surface area contributed by atoms with E-state index in [2.05, 4.69) is 22.9 Å². The number of unbranched alkanes of at least 4 members (excludes halogenated alkanes) is 14. The third kappa shape index (κ3) is 33.3. The molecule has 0 fully saturated rings. The fraction of sp³-hybridized carbons (Fsp3) is 0.857. The predicted octanol–water partition coefficient (Wildman–Crippen LogP) is 4.10. The first-order valence-electron chi connectivity index (χ1n) is 18.2. The molecule has 3 amide bonds. The molecule has 0 aromatic carbocycles. The minimum absolute atomic E-state index is 0.00443. The van der Waals surface area contributed by atoms with Crippen LogP contribution in [-0.2, 0) is 42.9 Å². The van der Waals surface area contributed by atoms with Crippen molar-refractivity contribution >= 4 is 30.0 Å². The Bertz CT molecular complexity index is 815. The summed E-state index contributed by atoms with van der Waals surface area (Å²) in [5, 5.41) is 17.3. The van der Waals surface area contributed by atoms with Crippen molar-refractivity contribution in [1.29, 1.82) is 0 Å². The number of carbonyl (C=O) groups is 5. The van der Waals surface area contributed by atoms with Crippen LogP contribution in [0.4, 0.5) is 0 Å². The summed E-state index contributed by atoms with van der Waals surface area (Å²) in [5.41, 5.74) is 0. The number of nitrogens with one attached hydrogen (secondary N) is 3. The van der Waals surface area contributed by atoms with Gasteiger partial charge in [-0.05, 0) is 12.8 Å². The Morgan fingerprint density at radius 2 is 1.06 bits per heavy atom. The van der Waals surface area contributed by atoms with Crippen molar-refractivity contribution in [3.05, 3.63) is 0 Å². The van der Waals surface area contributed by atoms with E-state index in [-0.39, 0.29) is 76.6 Å². The van der Waals surface area contributed by atoms with E-state index in [1.165, 1.54) is 77.0 Å². The van der Waals surface area contributed by atoms with Gasteiger partial charge in [0.05, 0.1) is 39.6 Å². The Labute approximate surface area is 288 Å². The second kappa shape index (κ2) is 35.7. The van der Waals surface area contributed by atoms with E-state index >= 15 is 0 Å². The molecule has 0 heterocycles. The maximum atomic E-state index is 12.3. The molecule has 0 spiro atoms. The first kappa shape index (κ1) is 45.4. The lowest BCUT2D eigenvalue weighted by Crippen LogP contribution is -2.41. The van der Waals surface area contributed by atoms with Gasteiger partial charge in [0.15, 0.2) is 0 Å². The molecule has 13 nitrogen and oxygen atoms in total. The minimum atomic E-state index is -1.16. The molecule has 0 saturated heterocycles. The molecule has 280 valence electrons. The van der Waals surface area contributed by atoms with E-state index in [0.717, 1.165) is 19.3 Å². The molecule has 0 aliphatic carbocycles. The van der Waals surface area contributed by atoms with Crippen LogP contribution in [0, 0.1) is 0 Å². The average Bonchev–Trinajstić information content (AvgIpc) is 3.07. The number of ether oxygens (including phenoxy) is 4. The zero-order valence-corrected chi connectivity index (χ0v) is 29.6. The Hall–Kier alpha value is -2.61. The number of carbonyl (C=O) groups excluding carboxylic acids is 4. The minimum Gasteiger partial charge on any atom is -0.480 e. The third-order valence-corrected chi connectivity index (χ3v) is 7.60. The molecule has 0 radical (unpaired) electrons. The van der Waals surface area contributed by atoms with E-state index in [1.807, 2.05) is 0 Å². The SMILES string of the molecule is CCCCCCCCCCCCCCCCCC(=O)N[C@@H](CCC(=O)NCCOCCOCC(=O)NCCOCCOCC=O)C(=O)O. The number of carboxylic acid groups (broad SMARTS) is 1. The molecule has 0 aromatic rings. The lowest BCUT2D eigenvalue weighted by atomic mass is 10.0. The summed E-state index contributed by atoms with van der Waals surface area (Å²) in [6, 6.07) is -1.11. The average molecular weight is 688 g/mol. The summed E-state index contributed by atoms with van der Waals surface area (Å²) < 4.78 is 20.8. The van der Waals surface area contributed by atoms with E-state index in [1.54, 1.807) is 0 Å². The molecule has 48 heavy (non-hydrogen) atoms. The summed E-state index contributed by atoms with van der Waals surface area (Å²) in [7, 11) is 0. The lowest BCUT2D eigenvalue weighted by molar-refractivity contribution is -0.142. The van der Waals surface area contributed by atoms with Crippen LogP contribution in [0.15, 0.2) is 0 Å². The van der Waals surface area contributed by atoms with E-state index < -0.39 is 12.0 Å². The van der Waals surface area contributed by atoms with Gasteiger partial charge in [-0.15, -0.1) is 0 Å². The highest BCUT2D eigenvalue weighted by molar-refractivity contribution is 5.84. The van der Waals surface area contributed by atoms with Crippen LogP contribution < -0.4 is 16.0 Å². The normalized spacial score (nSPS) is 11.6. The smallest absolute Gasteiger partial charge is 0.326 e. The number of aliphatic carboxylic acids is 1. The standard InChI is InChI=1S/C35H65N3O10/c1-2-3-4-5-6-7-8-9-10-11-12-13-14-15-16-17-33(41)38-31(35(43)44)18-19-32(40)36-20-23-46-28-29-48-30-34(42)37-21-24-45-26-27-47-25-22-39/h22,31H,2-21,23-30H2,1H3,(H,36,40)(H,37,42)(H,38,41)(H,43,44)/t31-/m0/s1. The predicted molar refractivity (Wildman–Crippen MR) is 184 cm³/mol. The fourth-order valence-electron chi connectivity index (χ4n) is 4.86. The quantitative estimate of drug-likeness (QED) is 0.0549. The molecule has 0 aliphatic rings. The lowest BCUT2D eigenvalue weighted by Gasteiger charge is -2.14. The Balaban J connectivity index is 3.67. The van der Waals surface area contributed by atoms with Gasteiger partial charge >= 0.3 is 5.97 Å². The molecule has 0 aromatic heterocycles. The number of hydrogen-bond acceptors (Lipinski definition) is 9. The van der Waals surface area contributed by atoms with Crippen LogP contribution in [0.25, 0.3) is 0 Å². The molecule has 4 N–H and O–H groups in total. The molecular formula is C35H65N3O10. The second-order valence-corrected chi connectivity index (χ2v) is 11.9. The number of rotatable bonds is 37. The monoisotopic (exact) mass is 687 g/mol. The molecule has 1 atom stereocenters. The third-order valence-electron chi connectivity index (χ3n) is 7.60. The van der Waals surface area contributed by atoms with Gasteiger partial charge in [0, 0.05) is 25.9 Å².